The van der Waals surface area contributed by atoms with E-state index in [9.17, 15) is 14.7 Å². The normalized spacial score (nSPS) is 17.7. The number of nitrogens with one attached hydrogen (secondary N) is 1. The van der Waals surface area contributed by atoms with Crippen molar-refractivity contribution in [1.29, 1.82) is 0 Å². The average molecular weight is 248 g/mol. The van der Waals surface area contributed by atoms with Crippen LogP contribution < -0.4 is 10.2 Å². The van der Waals surface area contributed by atoms with Gasteiger partial charge in [-0.15, -0.1) is 0 Å². The maximum Gasteiger partial charge on any atom is 0.327 e. The average Bonchev–Trinajstić information content (AvgIpc) is 2.67. The Morgan fingerprint density at radius 3 is 2.67 bits per heavy atom. The number of anilines is 1. The van der Waals surface area contributed by atoms with Gasteiger partial charge >= 0.3 is 12.0 Å². The number of aliphatic carboxylic acids is 1. The van der Waals surface area contributed by atoms with E-state index >= 15 is 0 Å². The second-order valence-electron chi connectivity index (χ2n) is 4.66. The van der Waals surface area contributed by atoms with E-state index in [2.05, 4.69) is 5.32 Å². The Labute approximate surface area is 105 Å². The molecule has 2 amide bonds. The number of hydrogen-bond acceptors (Lipinski definition) is 2. The molecule has 0 radical (unpaired) electrons. The van der Waals surface area contributed by atoms with Crippen molar-refractivity contribution in [1.82, 2.24) is 5.32 Å². The van der Waals surface area contributed by atoms with Crippen LogP contribution in [0.3, 0.4) is 0 Å². The molecule has 18 heavy (non-hydrogen) atoms. The monoisotopic (exact) mass is 248 g/mol. The minimum Gasteiger partial charge on any atom is -0.480 e. The molecule has 0 saturated carbocycles. The summed E-state index contributed by atoms with van der Waals surface area (Å²) < 4.78 is 0. The molecule has 5 nitrogen and oxygen atoms in total. The number of carboxylic acid groups (broad SMARTS) is 1. The summed E-state index contributed by atoms with van der Waals surface area (Å²) in [5, 5.41) is 12.0. The zero-order chi connectivity index (χ0) is 13.3. The van der Waals surface area contributed by atoms with Crippen LogP contribution in [0.4, 0.5) is 10.5 Å². The van der Waals surface area contributed by atoms with Gasteiger partial charge in [0, 0.05) is 18.2 Å². The van der Waals surface area contributed by atoms with Crippen LogP contribution in [0.2, 0.25) is 0 Å². The molecule has 1 unspecified atom stereocenters. The molecule has 2 N–H and O–H groups in total. The van der Waals surface area contributed by atoms with Gasteiger partial charge < -0.3 is 10.4 Å². The van der Waals surface area contributed by atoms with Gasteiger partial charge in [0.05, 0.1) is 0 Å². The van der Waals surface area contributed by atoms with E-state index in [1.165, 1.54) is 4.90 Å². The molecule has 0 fully saturated rings. The van der Waals surface area contributed by atoms with Gasteiger partial charge in [0.1, 0.15) is 6.04 Å². The van der Waals surface area contributed by atoms with Crippen molar-refractivity contribution in [2.75, 3.05) is 4.90 Å². The molecule has 0 saturated heterocycles. The van der Waals surface area contributed by atoms with E-state index in [4.69, 9.17) is 0 Å². The number of carboxylic acids is 1. The minimum atomic E-state index is -0.981. The fourth-order valence-corrected chi connectivity index (χ4v) is 2.15. The van der Waals surface area contributed by atoms with E-state index < -0.39 is 12.0 Å². The molecule has 5 heteroatoms. The van der Waals surface area contributed by atoms with Gasteiger partial charge in [0.25, 0.3) is 0 Å². The molecule has 0 bridgehead atoms. The third-order valence-electron chi connectivity index (χ3n) is 2.89. The Kier molecular flexibility index (Phi) is 3.23. The lowest BCUT2D eigenvalue weighted by molar-refractivity contribution is -0.138. The smallest absolute Gasteiger partial charge is 0.327 e. The molecule has 0 aliphatic carbocycles. The molecule has 0 aromatic heterocycles. The zero-order valence-electron chi connectivity index (χ0n) is 10.4. The summed E-state index contributed by atoms with van der Waals surface area (Å²) in [5.74, 6) is -0.981. The third kappa shape index (κ3) is 2.16. The van der Waals surface area contributed by atoms with Crippen LogP contribution in [0.1, 0.15) is 19.4 Å². The van der Waals surface area contributed by atoms with Crippen molar-refractivity contribution >= 4 is 17.7 Å². The topological polar surface area (TPSA) is 69.6 Å². The van der Waals surface area contributed by atoms with Gasteiger partial charge in [0.2, 0.25) is 0 Å². The van der Waals surface area contributed by atoms with Crippen LogP contribution in [-0.4, -0.2) is 29.2 Å². The van der Waals surface area contributed by atoms with E-state index in [0.29, 0.717) is 12.1 Å². The molecular weight excluding hydrogens is 232 g/mol. The predicted molar refractivity (Wildman–Crippen MR) is 67.7 cm³/mol. The maximum atomic E-state index is 12.1. The van der Waals surface area contributed by atoms with Crippen molar-refractivity contribution in [2.45, 2.75) is 32.4 Å². The second-order valence-corrected chi connectivity index (χ2v) is 4.66. The molecule has 96 valence electrons. The van der Waals surface area contributed by atoms with Crippen molar-refractivity contribution in [3.05, 3.63) is 29.8 Å². The first kappa shape index (κ1) is 12.4. The van der Waals surface area contributed by atoms with E-state index in [-0.39, 0.29) is 12.1 Å². The number of rotatable bonds is 2. The number of hydrogen-bond donors (Lipinski definition) is 2. The Hall–Kier alpha value is -2.04. The number of nitrogens with zero attached hydrogens (tertiary/aromatic N) is 1. The summed E-state index contributed by atoms with van der Waals surface area (Å²) >= 11 is 0. The van der Waals surface area contributed by atoms with Crippen LogP contribution in [0.15, 0.2) is 24.3 Å². The lowest BCUT2D eigenvalue weighted by atomic mass is 10.1. The van der Waals surface area contributed by atoms with Crippen LogP contribution in [-0.2, 0) is 11.2 Å². The summed E-state index contributed by atoms with van der Waals surface area (Å²) in [6, 6.07) is 6.08. The number of para-hydroxylation sites is 1. The first-order valence-electron chi connectivity index (χ1n) is 5.91. The summed E-state index contributed by atoms with van der Waals surface area (Å²) in [6.45, 7) is 3.69. The highest BCUT2D eigenvalue weighted by molar-refractivity contribution is 6.01. The molecule has 0 spiro atoms. The number of benzene rings is 1. The molecular formula is C13H16N2O3. The zero-order valence-corrected chi connectivity index (χ0v) is 10.4. The first-order chi connectivity index (χ1) is 8.50. The molecule has 1 aliphatic heterocycles. The van der Waals surface area contributed by atoms with Crippen molar-refractivity contribution < 1.29 is 14.7 Å². The summed E-state index contributed by atoms with van der Waals surface area (Å²) in [6.07, 6.45) is 0.358. The third-order valence-corrected chi connectivity index (χ3v) is 2.89. The Balaban J connectivity index is 2.34. The van der Waals surface area contributed by atoms with Gasteiger partial charge in [-0.25, -0.2) is 9.59 Å². The van der Waals surface area contributed by atoms with Gasteiger partial charge in [-0.05, 0) is 25.5 Å². The second kappa shape index (κ2) is 4.68. The highest BCUT2D eigenvalue weighted by Crippen LogP contribution is 2.32. The van der Waals surface area contributed by atoms with Gasteiger partial charge in [-0.2, -0.15) is 0 Å². The Bertz CT molecular complexity index is 485. The van der Waals surface area contributed by atoms with E-state index in [0.717, 1.165) is 5.56 Å². The lowest BCUT2D eigenvalue weighted by Crippen LogP contribution is -2.49. The fraction of sp³-hybridized carbons (Fsp3) is 0.385. The minimum absolute atomic E-state index is 0.0280. The van der Waals surface area contributed by atoms with Crippen molar-refractivity contribution in [3.8, 4) is 0 Å². The van der Waals surface area contributed by atoms with Gasteiger partial charge in [-0.1, -0.05) is 18.2 Å². The van der Waals surface area contributed by atoms with Crippen molar-refractivity contribution in [2.24, 2.45) is 0 Å². The Morgan fingerprint density at radius 2 is 2.06 bits per heavy atom. The summed E-state index contributed by atoms with van der Waals surface area (Å²) in [4.78, 5) is 24.7. The van der Waals surface area contributed by atoms with Crippen LogP contribution in [0.25, 0.3) is 0 Å². The summed E-state index contributed by atoms with van der Waals surface area (Å²) in [7, 11) is 0. The largest absolute Gasteiger partial charge is 0.480 e. The van der Waals surface area contributed by atoms with E-state index in [1.54, 1.807) is 12.1 Å². The number of urea groups is 1. The number of fused-ring (bicyclic) bond motifs is 1. The molecule has 1 aromatic carbocycles. The summed E-state index contributed by atoms with van der Waals surface area (Å²) in [5.41, 5.74) is 1.58. The Morgan fingerprint density at radius 1 is 1.39 bits per heavy atom. The van der Waals surface area contributed by atoms with Crippen molar-refractivity contribution in [3.63, 3.8) is 0 Å². The van der Waals surface area contributed by atoms with Gasteiger partial charge in [-0.3, -0.25) is 4.90 Å². The number of carbonyl (C=O) groups excluding carboxylic acids is 1. The fourth-order valence-electron chi connectivity index (χ4n) is 2.15. The van der Waals surface area contributed by atoms with E-state index in [1.807, 2.05) is 26.0 Å². The van der Waals surface area contributed by atoms with Crippen LogP contribution >= 0.6 is 0 Å². The molecule has 1 aliphatic rings. The molecule has 2 rings (SSSR count). The van der Waals surface area contributed by atoms with Crippen LogP contribution in [0, 0.1) is 0 Å². The first-order valence-corrected chi connectivity index (χ1v) is 5.91. The quantitative estimate of drug-likeness (QED) is 0.835. The van der Waals surface area contributed by atoms with Gasteiger partial charge in [0.15, 0.2) is 0 Å². The maximum absolute atomic E-state index is 12.1. The standard InChI is InChI=1S/C13H16N2O3/c1-8(2)14-13(18)15-10-6-4-3-5-9(10)7-11(15)12(16)17/h3-6,8,11H,7H2,1-2H3,(H,14,18)(H,16,17). The lowest BCUT2D eigenvalue weighted by Gasteiger charge is -2.24. The highest BCUT2D eigenvalue weighted by atomic mass is 16.4. The molecule has 1 heterocycles. The number of amides is 2. The SMILES string of the molecule is CC(C)NC(=O)N1c2ccccc2CC1C(=O)O. The van der Waals surface area contributed by atoms with Crippen LogP contribution in [0.5, 0.6) is 0 Å². The molecule has 1 aromatic rings. The predicted octanol–water partition coefficient (Wildman–Crippen LogP) is 1.62. The molecule has 1 atom stereocenters. The number of carbonyl (C=O) groups is 2. The highest BCUT2D eigenvalue weighted by Gasteiger charge is 2.38.